The van der Waals surface area contributed by atoms with Crippen LogP contribution >= 0.6 is 0 Å². The second-order valence-corrected chi connectivity index (χ2v) is 8.83. The maximum absolute atomic E-state index is 11.8. The zero-order valence-electron chi connectivity index (χ0n) is 19.4. The number of aromatic nitrogens is 2. The minimum atomic E-state index is -0.263. The molecular formula is C25H33N3O3. The zero-order chi connectivity index (χ0) is 22.6. The molecule has 0 fully saturated rings. The van der Waals surface area contributed by atoms with Crippen molar-refractivity contribution >= 4 is 23.5 Å². The first-order valence-corrected chi connectivity index (χ1v) is 11.0. The predicted octanol–water partition coefficient (Wildman–Crippen LogP) is 5.15. The number of carbonyl (C=O) groups excluding carboxylic acids is 1. The van der Waals surface area contributed by atoms with E-state index in [0.717, 1.165) is 28.9 Å². The highest BCUT2D eigenvalue weighted by Crippen LogP contribution is 2.35. The Balaban J connectivity index is 2.03. The summed E-state index contributed by atoms with van der Waals surface area (Å²) in [5, 5.41) is 4.58. The van der Waals surface area contributed by atoms with Crippen molar-refractivity contribution in [2.75, 3.05) is 6.79 Å². The van der Waals surface area contributed by atoms with Gasteiger partial charge >= 0.3 is 5.97 Å². The van der Waals surface area contributed by atoms with E-state index in [1.807, 2.05) is 37.7 Å². The molecule has 2 heterocycles. The van der Waals surface area contributed by atoms with Crippen LogP contribution in [0.3, 0.4) is 0 Å². The fourth-order valence-corrected chi connectivity index (χ4v) is 3.47. The van der Waals surface area contributed by atoms with Crippen molar-refractivity contribution in [3.05, 3.63) is 52.8 Å². The lowest BCUT2D eigenvalue weighted by Crippen LogP contribution is -2.13. The molecule has 1 aliphatic rings. The summed E-state index contributed by atoms with van der Waals surface area (Å²) in [7, 11) is 0. The first-order chi connectivity index (χ1) is 14.7. The number of ether oxygens (including phenoxy) is 2. The van der Waals surface area contributed by atoms with Gasteiger partial charge in [0.05, 0.1) is 5.69 Å². The Labute approximate surface area is 185 Å². The molecule has 6 heteroatoms. The van der Waals surface area contributed by atoms with Crippen LogP contribution in [0.4, 0.5) is 0 Å². The molecule has 1 aliphatic heterocycles. The van der Waals surface area contributed by atoms with Gasteiger partial charge in [0.15, 0.2) is 5.76 Å². The van der Waals surface area contributed by atoms with Gasteiger partial charge in [0.25, 0.3) is 0 Å². The third-order valence-corrected chi connectivity index (χ3v) is 5.21. The highest BCUT2D eigenvalue weighted by molar-refractivity contribution is 6.03. The van der Waals surface area contributed by atoms with E-state index in [9.17, 15) is 4.79 Å². The van der Waals surface area contributed by atoms with Crippen molar-refractivity contribution in [1.82, 2.24) is 9.78 Å². The molecule has 166 valence electrons. The van der Waals surface area contributed by atoms with Crippen LogP contribution in [0.5, 0.6) is 0 Å². The summed E-state index contributed by atoms with van der Waals surface area (Å²) in [5.74, 6) is 0.388. The van der Waals surface area contributed by atoms with E-state index in [2.05, 4.69) is 55.1 Å². The van der Waals surface area contributed by atoms with Crippen molar-refractivity contribution in [1.29, 1.82) is 0 Å². The number of hydrogen-bond donors (Lipinski definition) is 0. The molecule has 1 aromatic heterocycles. The Morgan fingerprint density at radius 3 is 2.35 bits per heavy atom. The number of rotatable bonds is 9. The second kappa shape index (κ2) is 9.50. The van der Waals surface area contributed by atoms with Gasteiger partial charge in [-0.15, -0.1) is 0 Å². The number of aliphatic imine (C=N–C) groups is 1. The van der Waals surface area contributed by atoms with Gasteiger partial charge in [-0.3, -0.25) is 14.5 Å². The summed E-state index contributed by atoms with van der Waals surface area (Å²) in [4.78, 5) is 16.3. The molecule has 0 aliphatic carbocycles. The monoisotopic (exact) mass is 423 g/mol. The molecule has 6 nitrogen and oxygen atoms in total. The van der Waals surface area contributed by atoms with Gasteiger partial charge in [0, 0.05) is 24.8 Å². The highest BCUT2D eigenvalue weighted by Gasteiger charge is 2.29. The minimum Gasteiger partial charge on any atom is -0.455 e. The number of carbonyl (C=O) groups is 1. The van der Waals surface area contributed by atoms with Crippen molar-refractivity contribution in [3.63, 3.8) is 0 Å². The minimum absolute atomic E-state index is 0.0534. The van der Waals surface area contributed by atoms with Crippen molar-refractivity contribution < 1.29 is 14.3 Å². The van der Waals surface area contributed by atoms with Gasteiger partial charge in [0.2, 0.25) is 6.79 Å². The summed E-state index contributed by atoms with van der Waals surface area (Å²) in [6.45, 7) is 13.1. The highest BCUT2D eigenvalue weighted by atomic mass is 16.7. The van der Waals surface area contributed by atoms with Gasteiger partial charge in [0.1, 0.15) is 11.7 Å². The van der Waals surface area contributed by atoms with Crippen LogP contribution in [0.15, 0.2) is 35.3 Å². The van der Waals surface area contributed by atoms with Crippen LogP contribution in [0.25, 0.3) is 11.3 Å². The molecule has 0 saturated carbocycles. The quantitative estimate of drug-likeness (QED) is 0.318. The van der Waals surface area contributed by atoms with Gasteiger partial charge in [-0.1, -0.05) is 52.0 Å². The van der Waals surface area contributed by atoms with E-state index in [-0.39, 0.29) is 24.2 Å². The third-order valence-electron chi connectivity index (χ3n) is 5.21. The van der Waals surface area contributed by atoms with Crippen LogP contribution in [-0.4, -0.2) is 34.8 Å². The summed E-state index contributed by atoms with van der Waals surface area (Å²) >= 11 is 0. The van der Waals surface area contributed by atoms with Gasteiger partial charge in [-0.2, -0.15) is 5.10 Å². The molecule has 1 aromatic carbocycles. The zero-order valence-corrected chi connectivity index (χ0v) is 19.4. The summed E-state index contributed by atoms with van der Waals surface area (Å²) in [5.41, 5.74) is 5.09. The van der Waals surface area contributed by atoms with Crippen molar-refractivity contribution in [2.24, 2.45) is 4.99 Å². The summed E-state index contributed by atoms with van der Waals surface area (Å²) in [6, 6.07) is 10.5. The lowest BCUT2D eigenvalue weighted by molar-refractivity contribution is -0.151. The van der Waals surface area contributed by atoms with E-state index in [4.69, 9.17) is 9.47 Å². The Morgan fingerprint density at radius 2 is 1.81 bits per heavy atom. The molecular weight excluding hydrogens is 390 g/mol. The van der Waals surface area contributed by atoms with Crippen LogP contribution in [-0.2, 0) is 26.2 Å². The standard InChI is InChI=1S/C25H33N3O3/c1-7-9-22(29)30-16-31-24(21-14-17(3)27-28(21)8-2)23(20-15-26-20)18-10-12-19(13-11-18)25(4,5)6/h10-15,20H,7-9,16H2,1-6H3/b24-23+. The van der Waals surface area contributed by atoms with Crippen molar-refractivity contribution in [2.45, 2.75) is 72.4 Å². The third kappa shape index (κ3) is 5.63. The van der Waals surface area contributed by atoms with E-state index in [1.165, 1.54) is 5.56 Å². The van der Waals surface area contributed by atoms with Gasteiger partial charge < -0.3 is 9.47 Å². The van der Waals surface area contributed by atoms with Crippen LogP contribution < -0.4 is 0 Å². The Kier molecular flexibility index (Phi) is 6.98. The first-order valence-electron chi connectivity index (χ1n) is 11.0. The SMILES string of the molecule is CCCC(=O)OCO/C(=C(\c1ccc(C(C)(C)C)cc1)C1C=N1)c1cc(C)nn1CC. The molecule has 2 aromatic rings. The number of aryl methyl sites for hydroxylation is 2. The number of hydrogen-bond acceptors (Lipinski definition) is 5. The topological polar surface area (TPSA) is 65.7 Å². The largest absolute Gasteiger partial charge is 0.455 e. The molecule has 0 radical (unpaired) electrons. The Hall–Kier alpha value is -2.89. The molecule has 1 unspecified atom stereocenters. The lowest BCUT2D eigenvalue weighted by Gasteiger charge is -2.21. The molecule has 0 saturated heterocycles. The molecule has 0 bridgehead atoms. The van der Waals surface area contributed by atoms with Crippen LogP contribution in [0.1, 0.15) is 70.0 Å². The average Bonchev–Trinajstić information content (AvgIpc) is 3.48. The molecule has 0 spiro atoms. The van der Waals surface area contributed by atoms with E-state index < -0.39 is 0 Å². The van der Waals surface area contributed by atoms with E-state index in [1.54, 1.807) is 0 Å². The molecule has 3 rings (SSSR count). The predicted molar refractivity (Wildman–Crippen MR) is 124 cm³/mol. The normalized spacial score (nSPS) is 16.1. The van der Waals surface area contributed by atoms with Crippen LogP contribution in [0, 0.1) is 6.92 Å². The number of esters is 1. The average molecular weight is 424 g/mol. The molecule has 0 amide bonds. The molecule has 31 heavy (non-hydrogen) atoms. The lowest BCUT2D eigenvalue weighted by atomic mass is 9.86. The summed E-state index contributed by atoms with van der Waals surface area (Å²) < 4.78 is 13.3. The second-order valence-electron chi connectivity index (χ2n) is 8.83. The Bertz CT molecular complexity index is 972. The smallest absolute Gasteiger partial charge is 0.308 e. The fraction of sp³-hybridized carbons (Fsp3) is 0.480. The molecule has 1 atom stereocenters. The fourth-order valence-electron chi connectivity index (χ4n) is 3.47. The summed E-state index contributed by atoms with van der Waals surface area (Å²) in [6.07, 6.45) is 3.02. The van der Waals surface area contributed by atoms with Crippen molar-refractivity contribution in [3.8, 4) is 0 Å². The van der Waals surface area contributed by atoms with Gasteiger partial charge in [-0.05, 0) is 42.9 Å². The van der Waals surface area contributed by atoms with Gasteiger partial charge in [-0.25, -0.2) is 0 Å². The van der Waals surface area contributed by atoms with E-state index in [0.29, 0.717) is 18.7 Å². The van der Waals surface area contributed by atoms with Crippen LogP contribution in [0.2, 0.25) is 0 Å². The maximum Gasteiger partial charge on any atom is 0.308 e. The Morgan fingerprint density at radius 1 is 1.13 bits per heavy atom. The van der Waals surface area contributed by atoms with E-state index >= 15 is 0 Å². The maximum atomic E-state index is 11.8. The number of benzene rings is 1. The molecule has 0 N–H and O–H groups in total. The first kappa shape index (κ1) is 22.8. The number of nitrogens with zero attached hydrogens (tertiary/aromatic N) is 3.